The Kier molecular flexibility index (Phi) is 7.15. The second-order valence-electron chi connectivity index (χ2n) is 7.83. The average molecular weight is 431 g/mol. The van der Waals surface area contributed by atoms with Crippen LogP contribution in [0.15, 0.2) is 53.4 Å². The number of hydrogen-bond donors (Lipinski definition) is 1. The van der Waals surface area contributed by atoms with Gasteiger partial charge >= 0.3 is 0 Å². The largest absolute Gasteiger partial charge is 0.497 e. The van der Waals surface area contributed by atoms with Crippen molar-refractivity contribution in [2.24, 2.45) is 0 Å². The molecule has 1 atom stereocenters. The van der Waals surface area contributed by atoms with E-state index in [1.165, 1.54) is 6.07 Å². The van der Waals surface area contributed by atoms with Gasteiger partial charge in [0.2, 0.25) is 0 Å². The second-order valence-corrected chi connectivity index (χ2v) is 10.3. The zero-order chi connectivity index (χ0) is 21.7. The molecule has 1 saturated heterocycles. The van der Waals surface area contributed by atoms with Crippen LogP contribution in [0.1, 0.15) is 48.7 Å². The van der Waals surface area contributed by atoms with E-state index in [-0.39, 0.29) is 22.4 Å². The van der Waals surface area contributed by atoms with Gasteiger partial charge in [-0.15, -0.1) is 0 Å². The standard InChI is InChI=1S/C23H30N2O4S/c1-17(2)30(27,28)22-9-5-4-8-20(22)23(26)24-16-21(25-14-6-7-15-25)18-10-12-19(29-3)13-11-18/h4-5,8-13,17,21H,6-7,14-16H2,1-3H3,(H,24,26). The first kappa shape index (κ1) is 22.3. The van der Waals surface area contributed by atoms with Crippen LogP contribution in [0.5, 0.6) is 5.75 Å². The summed E-state index contributed by atoms with van der Waals surface area (Å²) in [6, 6.07) is 14.3. The van der Waals surface area contributed by atoms with E-state index in [0.29, 0.717) is 6.54 Å². The molecule has 0 aliphatic carbocycles. The van der Waals surface area contributed by atoms with E-state index < -0.39 is 15.1 Å². The van der Waals surface area contributed by atoms with Crippen LogP contribution < -0.4 is 10.1 Å². The van der Waals surface area contributed by atoms with Gasteiger partial charge in [-0.2, -0.15) is 0 Å². The Labute approximate surface area is 179 Å². The molecule has 0 radical (unpaired) electrons. The third-order valence-corrected chi connectivity index (χ3v) is 7.81. The van der Waals surface area contributed by atoms with Crippen LogP contribution in [0.25, 0.3) is 0 Å². The van der Waals surface area contributed by atoms with Crippen LogP contribution in [-0.4, -0.2) is 51.2 Å². The van der Waals surface area contributed by atoms with Gasteiger partial charge in [-0.1, -0.05) is 24.3 Å². The lowest BCUT2D eigenvalue weighted by molar-refractivity contribution is 0.0934. The average Bonchev–Trinajstić information content (AvgIpc) is 3.28. The summed E-state index contributed by atoms with van der Waals surface area (Å²) in [4.78, 5) is 15.4. The molecule has 0 saturated carbocycles. The van der Waals surface area contributed by atoms with Crippen molar-refractivity contribution in [3.63, 3.8) is 0 Å². The molecule has 0 bridgehead atoms. The number of likely N-dealkylation sites (tertiary alicyclic amines) is 1. The molecule has 1 amide bonds. The minimum atomic E-state index is -3.55. The normalized spacial score (nSPS) is 15.9. The van der Waals surface area contributed by atoms with Gasteiger partial charge in [-0.05, 0) is 69.6 Å². The Morgan fingerprint density at radius 1 is 1.07 bits per heavy atom. The molecule has 1 fully saturated rings. The summed E-state index contributed by atoms with van der Waals surface area (Å²) in [7, 11) is -1.92. The molecule has 1 heterocycles. The van der Waals surface area contributed by atoms with E-state index in [0.717, 1.165) is 37.2 Å². The highest BCUT2D eigenvalue weighted by atomic mass is 32.2. The Morgan fingerprint density at radius 3 is 2.30 bits per heavy atom. The monoisotopic (exact) mass is 430 g/mol. The maximum atomic E-state index is 13.0. The van der Waals surface area contributed by atoms with Gasteiger partial charge < -0.3 is 10.1 Å². The van der Waals surface area contributed by atoms with E-state index in [4.69, 9.17) is 4.74 Å². The Morgan fingerprint density at radius 2 is 1.70 bits per heavy atom. The molecule has 1 aliphatic rings. The third kappa shape index (κ3) is 4.84. The summed E-state index contributed by atoms with van der Waals surface area (Å²) >= 11 is 0. The molecule has 1 N–H and O–H groups in total. The van der Waals surface area contributed by atoms with Gasteiger partial charge in [0.05, 0.1) is 28.9 Å². The molecular formula is C23H30N2O4S. The van der Waals surface area contributed by atoms with Gasteiger partial charge in [0.25, 0.3) is 5.91 Å². The number of methoxy groups -OCH3 is 1. The Bertz CT molecular complexity index is 965. The lowest BCUT2D eigenvalue weighted by Gasteiger charge is -2.28. The molecule has 1 aliphatic heterocycles. The van der Waals surface area contributed by atoms with Crippen molar-refractivity contribution in [3.05, 3.63) is 59.7 Å². The van der Waals surface area contributed by atoms with Crippen molar-refractivity contribution in [1.29, 1.82) is 0 Å². The predicted molar refractivity (Wildman–Crippen MR) is 118 cm³/mol. The zero-order valence-electron chi connectivity index (χ0n) is 17.8. The summed E-state index contributed by atoms with van der Waals surface area (Å²) < 4.78 is 30.6. The van der Waals surface area contributed by atoms with Crippen molar-refractivity contribution in [2.75, 3.05) is 26.7 Å². The van der Waals surface area contributed by atoms with Gasteiger partial charge in [-0.25, -0.2) is 8.42 Å². The fraction of sp³-hybridized carbons (Fsp3) is 0.435. The first-order valence-corrected chi connectivity index (χ1v) is 11.9. The first-order chi connectivity index (χ1) is 14.3. The number of nitrogens with zero attached hydrogens (tertiary/aromatic N) is 1. The zero-order valence-corrected chi connectivity index (χ0v) is 18.6. The molecule has 3 rings (SSSR count). The van der Waals surface area contributed by atoms with Crippen LogP contribution >= 0.6 is 0 Å². The van der Waals surface area contributed by atoms with E-state index in [9.17, 15) is 13.2 Å². The molecule has 7 heteroatoms. The van der Waals surface area contributed by atoms with Gasteiger partial charge in [0.15, 0.2) is 9.84 Å². The molecular weight excluding hydrogens is 400 g/mol. The minimum Gasteiger partial charge on any atom is -0.497 e. The van der Waals surface area contributed by atoms with Crippen LogP contribution in [-0.2, 0) is 9.84 Å². The van der Waals surface area contributed by atoms with Crippen molar-refractivity contribution >= 4 is 15.7 Å². The highest BCUT2D eigenvalue weighted by Gasteiger charge is 2.27. The molecule has 6 nitrogen and oxygen atoms in total. The number of carbonyl (C=O) groups is 1. The van der Waals surface area contributed by atoms with Crippen LogP contribution in [0.2, 0.25) is 0 Å². The van der Waals surface area contributed by atoms with Crippen molar-refractivity contribution in [1.82, 2.24) is 10.2 Å². The summed E-state index contributed by atoms with van der Waals surface area (Å²) in [5, 5.41) is 2.38. The molecule has 30 heavy (non-hydrogen) atoms. The smallest absolute Gasteiger partial charge is 0.252 e. The highest BCUT2D eigenvalue weighted by Crippen LogP contribution is 2.27. The summed E-state index contributed by atoms with van der Waals surface area (Å²) in [6.07, 6.45) is 2.27. The molecule has 1 unspecified atom stereocenters. The van der Waals surface area contributed by atoms with Gasteiger partial charge in [0, 0.05) is 6.54 Å². The third-order valence-electron chi connectivity index (χ3n) is 5.60. The maximum absolute atomic E-state index is 13.0. The number of amides is 1. The summed E-state index contributed by atoms with van der Waals surface area (Å²) in [6.45, 7) is 5.60. The van der Waals surface area contributed by atoms with Crippen molar-refractivity contribution in [3.8, 4) is 5.75 Å². The SMILES string of the molecule is COc1ccc(C(CNC(=O)c2ccccc2S(=O)(=O)C(C)C)N2CCCC2)cc1. The molecule has 0 aromatic heterocycles. The lowest BCUT2D eigenvalue weighted by Crippen LogP contribution is -2.37. The molecule has 162 valence electrons. The van der Waals surface area contributed by atoms with Crippen molar-refractivity contribution < 1.29 is 17.9 Å². The minimum absolute atomic E-state index is 0.0243. The van der Waals surface area contributed by atoms with E-state index >= 15 is 0 Å². The molecule has 2 aromatic carbocycles. The number of rotatable bonds is 8. The van der Waals surface area contributed by atoms with E-state index in [1.807, 2.05) is 24.3 Å². The fourth-order valence-corrected chi connectivity index (χ4v) is 5.02. The Balaban J connectivity index is 1.81. The highest BCUT2D eigenvalue weighted by molar-refractivity contribution is 7.92. The number of ether oxygens (including phenoxy) is 1. The molecule has 2 aromatic rings. The van der Waals surface area contributed by atoms with E-state index in [1.54, 1.807) is 39.2 Å². The van der Waals surface area contributed by atoms with Crippen LogP contribution in [0.3, 0.4) is 0 Å². The topological polar surface area (TPSA) is 75.7 Å². The number of hydrogen-bond acceptors (Lipinski definition) is 5. The van der Waals surface area contributed by atoms with Gasteiger partial charge in [-0.3, -0.25) is 9.69 Å². The van der Waals surface area contributed by atoms with Crippen molar-refractivity contribution in [2.45, 2.75) is 42.9 Å². The van der Waals surface area contributed by atoms with Gasteiger partial charge in [0.1, 0.15) is 5.75 Å². The summed E-state index contributed by atoms with van der Waals surface area (Å²) in [5.41, 5.74) is 1.29. The van der Waals surface area contributed by atoms with E-state index in [2.05, 4.69) is 10.2 Å². The number of carbonyl (C=O) groups excluding carboxylic acids is 1. The molecule has 0 spiro atoms. The number of nitrogens with one attached hydrogen (secondary N) is 1. The second kappa shape index (κ2) is 9.62. The quantitative estimate of drug-likeness (QED) is 0.694. The Hall–Kier alpha value is -2.38. The predicted octanol–water partition coefficient (Wildman–Crippen LogP) is 3.44. The lowest BCUT2D eigenvalue weighted by atomic mass is 10.0. The number of benzene rings is 2. The first-order valence-electron chi connectivity index (χ1n) is 10.3. The fourth-order valence-electron chi connectivity index (χ4n) is 3.78. The summed E-state index contributed by atoms with van der Waals surface area (Å²) in [5.74, 6) is 0.420. The maximum Gasteiger partial charge on any atom is 0.252 e. The van der Waals surface area contributed by atoms with Crippen LogP contribution in [0, 0.1) is 0 Å². The van der Waals surface area contributed by atoms with Crippen LogP contribution in [0.4, 0.5) is 0 Å². The number of sulfone groups is 1.